The number of hydrogen-bond acceptors (Lipinski definition) is 3. The average Bonchev–Trinajstić information content (AvgIpc) is 2.13. The normalized spacial score (nSPS) is 9.85. The molecule has 0 N–H and O–H groups in total. The van der Waals surface area contributed by atoms with Crippen LogP contribution in [0.25, 0.3) is 0 Å². The van der Waals surface area contributed by atoms with Crippen LogP contribution in [0.15, 0.2) is 10.7 Å². The zero-order valence-electron chi connectivity index (χ0n) is 7.10. The zero-order valence-corrected chi connectivity index (χ0v) is 9.44. The summed E-state index contributed by atoms with van der Waals surface area (Å²) in [6.07, 6.45) is 1.40. The lowest BCUT2D eigenvalue weighted by molar-refractivity contribution is 0.0599. The van der Waals surface area contributed by atoms with Crippen molar-refractivity contribution in [1.82, 2.24) is 4.98 Å². The molecule has 0 spiro atoms. The maximum Gasteiger partial charge on any atom is 0.339 e. The molecule has 0 radical (unpaired) electrons. The minimum atomic E-state index is -0.414. The van der Waals surface area contributed by atoms with E-state index in [1.165, 1.54) is 13.3 Å². The van der Waals surface area contributed by atoms with Crippen molar-refractivity contribution in [3.8, 4) is 0 Å². The molecule has 5 heteroatoms. The van der Waals surface area contributed by atoms with Gasteiger partial charge in [-0.15, -0.1) is 0 Å². The van der Waals surface area contributed by atoms with Crippen molar-refractivity contribution < 1.29 is 9.53 Å². The maximum absolute atomic E-state index is 11.2. The summed E-state index contributed by atoms with van der Waals surface area (Å²) in [4.78, 5) is 15.0. The van der Waals surface area contributed by atoms with E-state index in [0.29, 0.717) is 15.2 Å². The topological polar surface area (TPSA) is 39.2 Å². The maximum atomic E-state index is 11.2. The van der Waals surface area contributed by atoms with Gasteiger partial charge in [0.25, 0.3) is 0 Å². The van der Waals surface area contributed by atoms with Crippen LogP contribution in [0.4, 0.5) is 0 Å². The molecule has 0 amide bonds. The Bertz CT molecular complexity index is 354. The number of nitrogens with zero attached hydrogens (tertiary/aromatic N) is 1. The quantitative estimate of drug-likeness (QED) is 0.578. The molecule has 3 nitrogen and oxygen atoms in total. The van der Waals surface area contributed by atoms with Crippen LogP contribution >= 0.6 is 27.5 Å². The summed E-state index contributed by atoms with van der Waals surface area (Å²) in [5.41, 5.74) is 1.14. The van der Waals surface area contributed by atoms with Gasteiger partial charge in [0.2, 0.25) is 0 Å². The van der Waals surface area contributed by atoms with Crippen LogP contribution in [0.2, 0.25) is 5.15 Å². The van der Waals surface area contributed by atoms with Crippen molar-refractivity contribution in [3.05, 3.63) is 26.9 Å². The predicted molar refractivity (Wildman–Crippen MR) is 53.0 cm³/mol. The number of halogens is 2. The van der Waals surface area contributed by atoms with Gasteiger partial charge >= 0.3 is 5.97 Å². The van der Waals surface area contributed by atoms with Crippen LogP contribution in [0.1, 0.15) is 15.9 Å². The van der Waals surface area contributed by atoms with E-state index in [1.54, 1.807) is 6.92 Å². The van der Waals surface area contributed by atoms with Crippen LogP contribution in [0, 0.1) is 6.92 Å². The Morgan fingerprint density at radius 1 is 1.69 bits per heavy atom. The summed E-state index contributed by atoms with van der Waals surface area (Å²) in [7, 11) is 1.32. The molecule has 13 heavy (non-hydrogen) atoms. The number of esters is 1. The third-order valence-corrected chi connectivity index (χ3v) is 3.11. The Hall–Kier alpha value is -0.610. The Morgan fingerprint density at radius 2 is 2.31 bits per heavy atom. The van der Waals surface area contributed by atoms with Crippen molar-refractivity contribution in [2.75, 3.05) is 7.11 Å². The van der Waals surface area contributed by atoms with Gasteiger partial charge in [-0.3, -0.25) is 0 Å². The minimum Gasteiger partial charge on any atom is -0.465 e. The number of carbonyl (C=O) groups is 1. The first-order valence-corrected chi connectivity index (χ1v) is 4.64. The average molecular weight is 265 g/mol. The van der Waals surface area contributed by atoms with Crippen LogP contribution < -0.4 is 0 Å². The molecule has 0 saturated carbocycles. The molecular formula is C8H7BrClNO2. The second-order valence-electron chi connectivity index (χ2n) is 2.39. The molecule has 0 aromatic carbocycles. The summed E-state index contributed by atoms with van der Waals surface area (Å²) in [5, 5.41) is 0.338. The third-order valence-electron chi connectivity index (χ3n) is 1.63. The van der Waals surface area contributed by atoms with E-state index >= 15 is 0 Å². The molecule has 0 bridgehead atoms. The lowest BCUT2D eigenvalue weighted by Crippen LogP contribution is -2.05. The Morgan fingerprint density at radius 3 is 2.85 bits per heavy atom. The fraction of sp³-hybridized carbons (Fsp3) is 0.250. The number of rotatable bonds is 1. The molecular weight excluding hydrogens is 257 g/mol. The molecule has 1 aromatic heterocycles. The molecule has 1 aromatic rings. The van der Waals surface area contributed by atoms with Crippen molar-refractivity contribution >= 4 is 33.5 Å². The van der Waals surface area contributed by atoms with E-state index < -0.39 is 5.97 Å². The summed E-state index contributed by atoms with van der Waals surface area (Å²) in [6.45, 7) is 1.77. The molecule has 0 atom stereocenters. The second-order valence-corrected chi connectivity index (χ2v) is 3.54. The zero-order chi connectivity index (χ0) is 10.0. The van der Waals surface area contributed by atoms with E-state index in [2.05, 4.69) is 25.7 Å². The standard InChI is InChI=1S/C8H7BrClNO2/c1-4-5(8(12)13-2)3-11-7(10)6(4)9/h3H,1-2H3. The third kappa shape index (κ3) is 2.00. The van der Waals surface area contributed by atoms with Crippen molar-refractivity contribution in [3.63, 3.8) is 0 Å². The number of aromatic nitrogens is 1. The van der Waals surface area contributed by atoms with Crippen molar-refractivity contribution in [2.24, 2.45) is 0 Å². The molecule has 0 unspecified atom stereocenters. The van der Waals surface area contributed by atoms with Gasteiger partial charge in [0, 0.05) is 6.20 Å². The van der Waals surface area contributed by atoms with Gasteiger partial charge in [-0.05, 0) is 28.4 Å². The van der Waals surface area contributed by atoms with Gasteiger partial charge in [-0.2, -0.15) is 0 Å². The van der Waals surface area contributed by atoms with Gasteiger partial charge in [0.05, 0.1) is 17.1 Å². The Balaban J connectivity index is 3.26. The van der Waals surface area contributed by atoms with Gasteiger partial charge in [0.1, 0.15) is 5.15 Å². The first kappa shape index (κ1) is 10.5. The summed E-state index contributed by atoms with van der Waals surface area (Å²) in [6, 6.07) is 0. The van der Waals surface area contributed by atoms with Crippen LogP contribution in [-0.4, -0.2) is 18.1 Å². The van der Waals surface area contributed by atoms with Crippen LogP contribution in [-0.2, 0) is 4.74 Å². The summed E-state index contributed by atoms with van der Waals surface area (Å²) >= 11 is 8.95. The summed E-state index contributed by atoms with van der Waals surface area (Å²) < 4.78 is 5.19. The second kappa shape index (κ2) is 4.07. The first-order chi connectivity index (χ1) is 6.07. The van der Waals surface area contributed by atoms with E-state index in [1.807, 2.05) is 0 Å². The number of methoxy groups -OCH3 is 1. The molecule has 0 fully saturated rings. The predicted octanol–water partition coefficient (Wildman–Crippen LogP) is 2.59. The molecule has 1 rings (SSSR count). The highest BCUT2D eigenvalue weighted by Crippen LogP contribution is 2.26. The first-order valence-electron chi connectivity index (χ1n) is 3.46. The van der Waals surface area contributed by atoms with Crippen molar-refractivity contribution in [2.45, 2.75) is 6.92 Å². The van der Waals surface area contributed by atoms with Gasteiger partial charge in [0.15, 0.2) is 0 Å². The van der Waals surface area contributed by atoms with Gasteiger partial charge in [-0.25, -0.2) is 9.78 Å². The molecule has 0 aliphatic rings. The molecule has 0 aliphatic heterocycles. The van der Waals surface area contributed by atoms with E-state index in [9.17, 15) is 4.79 Å². The number of hydrogen-bond donors (Lipinski definition) is 0. The van der Waals surface area contributed by atoms with Crippen LogP contribution in [0.5, 0.6) is 0 Å². The molecule has 0 saturated heterocycles. The highest BCUT2D eigenvalue weighted by atomic mass is 79.9. The largest absolute Gasteiger partial charge is 0.465 e. The van der Waals surface area contributed by atoms with Crippen LogP contribution in [0.3, 0.4) is 0 Å². The number of pyridine rings is 1. The monoisotopic (exact) mass is 263 g/mol. The van der Waals surface area contributed by atoms with E-state index in [-0.39, 0.29) is 0 Å². The highest BCUT2D eigenvalue weighted by molar-refractivity contribution is 9.10. The number of carbonyl (C=O) groups excluding carboxylic acids is 1. The van der Waals surface area contributed by atoms with Gasteiger partial charge in [-0.1, -0.05) is 11.6 Å². The lowest BCUT2D eigenvalue weighted by atomic mass is 10.2. The Kier molecular flexibility index (Phi) is 3.27. The molecule has 1 heterocycles. The van der Waals surface area contributed by atoms with Gasteiger partial charge < -0.3 is 4.74 Å². The fourth-order valence-corrected chi connectivity index (χ4v) is 1.37. The fourth-order valence-electron chi connectivity index (χ4n) is 0.863. The Labute approximate surface area is 89.2 Å². The number of ether oxygens (including phenoxy) is 1. The highest BCUT2D eigenvalue weighted by Gasteiger charge is 2.13. The summed E-state index contributed by atoms with van der Waals surface area (Å²) in [5.74, 6) is -0.414. The van der Waals surface area contributed by atoms with E-state index in [0.717, 1.165) is 5.56 Å². The van der Waals surface area contributed by atoms with Crippen molar-refractivity contribution in [1.29, 1.82) is 0 Å². The lowest BCUT2D eigenvalue weighted by Gasteiger charge is -2.05. The SMILES string of the molecule is COC(=O)c1cnc(Cl)c(Br)c1C. The van der Waals surface area contributed by atoms with E-state index in [4.69, 9.17) is 11.6 Å². The molecule has 70 valence electrons. The minimum absolute atomic E-state index is 0.338. The smallest absolute Gasteiger partial charge is 0.339 e. The molecule has 0 aliphatic carbocycles.